The number of unbranched alkanes of at least 4 members (excludes halogenated alkanes) is 1. The molecule has 11 aromatic carbocycles. The summed E-state index contributed by atoms with van der Waals surface area (Å²) < 4.78 is 0. The average Bonchev–Trinajstić information content (AvgIpc) is 3.75. The van der Waals surface area contributed by atoms with Crippen LogP contribution in [-0.2, 0) is 17.3 Å². The molecule has 0 fully saturated rings. The Morgan fingerprint density at radius 2 is 0.618 bits per heavy atom. The molecule has 0 saturated heterocycles. The maximum absolute atomic E-state index is 2.52. The summed E-state index contributed by atoms with van der Waals surface area (Å²) in [5, 5.41) is 10.2. The van der Waals surface area contributed by atoms with Crippen LogP contribution in [-0.4, -0.2) is 0 Å². The van der Waals surface area contributed by atoms with Gasteiger partial charge in [0.25, 0.3) is 0 Å². The molecule has 0 bridgehead atoms. The van der Waals surface area contributed by atoms with Crippen molar-refractivity contribution in [1.29, 1.82) is 0 Å². The highest BCUT2D eigenvalue weighted by Gasteiger charge is 2.38. The van der Waals surface area contributed by atoms with E-state index < -0.39 is 0 Å². The van der Waals surface area contributed by atoms with Crippen LogP contribution < -0.4 is 0 Å². The Morgan fingerprint density at radius 1 is 0.294 bits per heavy atom. The smallest absolute Gasteiger partial charge is 0.0159 e. The Hall–Kier alpha value is -7.54. The molecule has 0 spiro atoms. The van der Waals surface area contributed by atoms with Gasteiger partial charge in [-0.05, 0) is 169 Å². The lowest BCUT2D eigenvalue weighted by atomic mass is 9.79. The van der Waals surface area contributed by atoms with Crippen molar-refractivity contribution >= 4 is 43.1 Å². The molecule has 0 heterocycles. The van der Waals surface area contributed by atoms with Gasteiger partial charge in [0.05, 0.1) is 0 Å². The number of fused-ring (bicyclic) bond motifs is 10. The number of rotatable bonds is 7. The predicted octanol–water partition coefficient (Wildman–Crippen LogP) is 18.9. The van der Waals surface area contributed by atoms with Gasteiger partial charge in [0.2, 0.25) is 0 Å². The van der Waals surface area contributed by atoms with Crippen molar-refractivity contribution in [3.63, 3.8) is 0 Å². The summed E-state index contributed by atoms with van der Waals surface area (Å²) in [6, 6.07) is 76.5. The van der Waals surface area contributed by atoms with E-state index in [1.807, 2.05) is 0 Å². The molecule has 0 aliphatic heterocycles. The molecule has 0 aromatic heterocycles. The lowest BCUT2D eigenvalue weighted by molar-refractivity contribution is 0.659. The maximum Gasteiger partial charge on any atom is 0.0159 e. The summed E-state index contributed by atoms with van der Waals surface area (Å²) in [7, 11) is 0. The van der Waals surface area contributed by atoms with Gasteiger partial charge in [0.15, 0.2) is 0 Å². The fraction of sp³-hybridized carbons (Fsp3) is 0.147. The molecule has 0 radical (unpaired) electrons. The molecule has 0 nitrogen and oxygen atoms in total. The summed E-state index contributed by atoms with van der Waals surface area (Å²) in [6.45, 7) is 11.9. The first-order valence-corrected chi connectivity index (χ1v) is 24.7. The van der Waals surface area contributed by atoms with Crippen LogP contribution in [0.2, 0.25) is 0 Å². The largest absolute Gasteiger partial charge is 0.0654 e. The fourth-order valence-electron chi connectivity index (χ4n) is 12.6. The van der Waals surface area contributed by atoms with Gasteiger partial charge >= 0.3 is 0 Å². The predicted molar refractivity (Wildman–Crippen MR) is 292 cm³/mol. The lowest BCUT2D eigenvalue weighted by Gasteiger charge is -2.24. The van der Waals surface area contributed by atoms with Crippen molar-refractivity contribution in [1.82, 2.24) is 0 Å². The van der Waals surface area contributed by atoms with E-state index in [0.29, 0.717) is 0 Å². The molecule has 2 aliphatic rings. The van der Waals surface area contributed by atoms with Gasteiger partial charge in [-0.25, -0.2) is 0 Å². The summed E-state index contributed by atoms with van der Waals surface area (Å²) in [5.74, 6) is 0. The SMILES string of the molecule is CCCCc1ccc(-c2c3ccccc3c(-c3c4ccccc4c(-c4ccc5c(c4)C(C)(C)c4cc(-c6ccc7c(c6)C(C)(C)c6ccccc6-7)ccc4-5)c4ccccc34)c3ccccc23)cc1. The van der Waals surface area contributed by atoms with Gasteiger partial charge in [-0.2, -0.15) is 0 Å². The van der Waals surface area contributed by atoms with Crippen molar-refractivity contribution in [2.45, 2.75) is 64.7 Å². The average molecular weight is 871 g/mol. The third-order valence-corrected chi connectivity index (χ3v) is 16.1. The second kappa shape index (κ2) is 15.2. The highest BCUT2D eigenvalue weighted by molar-refractivity contribution is 6.30. The molecule has 11 aromatic rings. The Morgan fingerprint density at radius 3 is 1.06 bits per heavy atom. The minimum atomic E-state index is -0.191. The Labute approximate surface area is 400 Å². The molecule has 0 saturated carbocycles. The first-order valence-electron chi connectivity index (χ1n) is 24.7. The molecule has 326 valence electrons. The second-order valence-corrected chi connectivity index (χ2v) is 20.6. The number of benzene rings is 11. The van der Waals surface area contributed by atoms with Gasteiger partial charge in [-0.3, -0.25) is 0 Å². The van der Waals surface area contributed by atoms with Crippen molar-refractivity contribution in [3.8, 4) is 66.8 Å². The van der Waals surface area contributed by atoms with Gasteiger partial charge in [-0.1, -0.05) is 223 Å². The quantitative estimate of drug-likeness (QED) is 0.140. The van der Waals surface area contributed by atoms with Gasteiger partial charge < -0.3 is 0 Å². The van der Waals surface area contributed by atoms with Crippen LogP contribution in [0.15, 0.2) is 200 Å². The standard InChI is InChI=1S/C68H54/c1-6-7-18-42-29-31-43(32-30-42)63-51-20-8-12-24-55(51)65(56-25-13-9-21-52(56)63)66-57-26-14-10-22-53(57)64(54-23-11-15-27-58(54)66)46-35-38-50-49-37-34-45(40-61(49)68(4,5)62(50)41-46)44-33-36-48-47-19-16-17-28-59(47)67(2,3)60(48)39-44/h8-17,19-41H,6-7,18H2,1-5H3. The number of aryl methyl sites for hydroxylation is 1. The second-order valence-electron chi connectivity index (χ2n) is 20.6. The molecular formula is C68H54. The Kier molecular flexibility index (Phi) is 9.13. The highest BCUT2D eigenvalue weighted by atomic mass is 14.4. The summed E-state index contributed by atoms with van der Waals surface area (Å²) in [4.78, 5) is 0. The molecular weight excluding hydrogens is 817 g/mol. The van der Waals surface area contributed by atoms with Gasteiger partial charge in [0, 0.05) is 10.8 Å². The maximum atomic E-state index is 2.52. The molecule has 0 amide bonds. The first kappa shape index (κ1) is 40.7. The summed E-state index contributed by atoms with van der Waals surface area (Å²) in [5.41, 5.74) is 22.5. The van der Waals surface area contributed by atoms with Crippen LogP contribution in [0.4, 0.5) is 0 Å². The minimum absolute atomic E-state index is 0.0376. The Bertz CT molecular complexity index is 3760. The van der Waals surface area contributed by atoms with Crippen LogP contribution in [0, 0.1) is 0 Å². The van der Waals surface area contributed by atoms with E-state index in [1.54, 1.807) is 0 Å². The van der Waals surface area contributed by atoms with E-state index in [9.17, 15) is 0 Å². The number of hydrogen-bond donors (Lipinski definition) is 0. The molecule has 0 N–H and O–H groups in total. The third-order valence-electron chi connectivity index (χ3n) is 16.1. The van der Waals surface area contributed by atoms with Crippen molar-refractivity contribution < 1.29 is 0 Å². The van der Waals surface area contributed by atoms with Crippen LogP contribution in [0.1, 0.15) is 75.3 Å². The fourth-order valence-corrected chi connectivity index (χ4v) is 12.6. The third kappa shape index (κ3) is 5.93. The molecule has 0 unspecified atom stereocenters. The van der Waals surface area contributed by atoms with Gasteiger partial charge in [0.1, 0.15) is 0 Å². The van der Waals surface area contributed by atoms with Crippen molar-refractivity contribution in [2.24, 2.45) is 0 Å². The van der Waals surface area contributed by atoms with E-state index in [1.165, 1.54) is 151 Å². The number of hydrogen-bond acceptors (Lipinski definition) is 0. The highest BCUT2D eigenvalue weighted by Crippen LogP contribution is 2.55. The minimum Gasteiger partial charge on any atom is -0.0654 e. The topological polar surface area (TPSA) is 0 Å². The van der Waals surface area contributed by atoms with E-state index in [4.69, 9.17) is 0 Å². The zero-order chi connectivity index (χ0) is 45.9. The summed E-state index contributed by atoms with van der Waals surface area (Å²) in [6.07, 6.45) is 3.54. The van der Waals surface area contributed by atoms with Crippen molar-refractivity contribution in [2.75, 3.05) is 0 Å². The lowest BCUT2D eigenvalue weighted by Crippen LogP contribution is -2.15. The molecule has 0 atom stereocenters. The van der Waals surface area contributed by atoms with E-state index >= 15 is 0 Å². The normalized spacial score (nSPS) is 14.1. The van der Waals surface area contributed by atoms with Crippen LogP contribution in [0.3, 0.4) is 0 Å². The molecule has 2 aliphatic carbocycles. The van der Waals surface area contributed by atoms with Crippen LogP contribution in [0.5, 0.6) is 0 Å². The van der Waals surface area contributed by atoms with E-state index in [2.05, 4.69) is 235 Å². The first-order chi connectivity index (χ1) is 33.2. The zero-order valence-corrected chi connectivity index (χ0v) is 39.7. The van der Waals surface area contributed by atoms with E-state index in [0.717, 1.165) is 6.42 Å². The van der Waals surface area contributed by atoms with Crippen LogP contribution in [0.25, 0.3) is 110 Å². The van der Waals surface area contributed by atoms with Crippen LogP contribution >= 0.6 is 0 Å². The monoisotopic (exact) mass is 870 g/mol. The van der Waals surface area contributed by atoms with E-state index in [-0.39, 0.29) is 10.8 Å². The molecule has 13 rings (SSSR count). The van der Waals surface area contributed by atoms with Gasteiger partial charge in [-0.15, -0.1) is 0 Å². The van der Waals surface area contributed by atoms with Crippen molar-refractivity contribution in [3.05, 3.63) is 228 Å². The zero-order valence-electron chi connectivity index (χ0n) is 39.7. The molecule has 0 heteroatoms. The Balaban J connectivity index is 0.964. The molecule has 68 heavy (non-hydrogen) atoms. The summed E-state index contributed by atoms with van der Waals surface area (Å²) >= 11 is 0.